The zero-order valence-corrected chi connectivity index (χ0v) is 9.68. The van der Waals surface area contributed by atoms with Gasteiger partial charge in [-0.3, -0.25) is 9.69 Å². The van der Waals surface area contributed by atoms with Crippen LogP contribution in [-0.2, 0) is 16.0 Å². The van der Waals surface area contributed by atoms with Crippen LogP contribution in [0, 0.1) is 0 Å². The van der Waals surface area contributed by atoms with Crippen molar-refractivity contribution in [1.82, 2.24) is 4.90 Å². The number of nitrogens with zero attached hydrogens (tertiary/aromatic N) is 1. The lowest BCUT2D eigenvalue weighted by Gasteiger charge is -2.42. The number of carbonyl (C=O) groups excluding carboxylic acids is 1. The molecule has 0 spiro atoms. The molecule has 1 fully saturated rings. The van der Waals surface area contributed by atoms with Gasteiger partial charge < -0.3 is 9.15 Å². The number of methoxy groups -OCH3 is 1. The van der Waals surface area contributed by atoms with E-state index in [2.05, 4.69) is 11.8 Å². The predicted molar refractivity (Wildman–Crippen MR) is 59.0 cm³/mol. The molecule has 0 N–H and O–H groups in total. The number of carbonyl (C=O) groups is 1. The van der Waals surface area contributed by atoms with Crippen LogP contribution in [0.15, 0.2) is 22.8 Å². The van der Waals surface area contributed by atoms with Crippen molar-refractivity contribution in [3.63, 3.8) is 0 Å². The van der Waals surface area contributed by atoms with Crippen molar-refractivity contribution >= 4 is 5.97 Å². The highest BCUT2D eigenvalue weighted by Gasteiger charge is 2.37. The smallest absolute Gasteiger partial charge is 0.323 e. The van der Waals surface area contributed by atoms with E-state index in [1.54, 1.807) is 6.26 Å². The Hall–Kier alpha value is -1.29. The van der Waals surface area contributed by atoms with E-state index >= 15 is 0 Å². The zero-order chi connectivity index (χ0) is 11.5. The normalized spacial score (nSPS) is 22.5. The van der Waals surface area contributed by atoms with Gasteiger partial charge in [-0.2, -0.15) is 0 Å². The van der Waals surface area contributed by atoms with Crippen LogP contribution >= 0.6 is 0 Å². The van der Waals surface area contributed by atoms with Crippen LogP contribution in [0.4, 0.5) is 0 Å². The van der Waals surface area contributed by atoms with Gasteiger partial charge in [0.15, 0.2) is 0 Å². The Kier molecular flexibility index (Phi) is 3.29. The van der Waals surface area contributed by atoms with Gasteiger partial charge in [0.1, 0.15) is 11.8 Å². The van der Waals surface area contributed by atoms with Crippen molar-refractivity contribution in [2.75, 3.05) is 13.7 Å². The van der Waals surface area contributed by atoms with Crippen molar-refractivity contribution in [3.8, 4) is 0 Å². The first-order valence-corrected chi connectivity index (χ1v) is 5.58. The van der Waals surface area contributed by atoms with E-state index < -0.39 is 0 Å². The molecule has 0 saturated carbocycles. The molecule has 16 heavy (non-hydrogen) atoms. The Bertz CT molecular complexity index is 347. The second kappa shape index (κ2) is 4.70. The van der Waals surface area contributed by atoms with Gasteiger partial charge in [0.05, 0.1) is 13.4 Å². The molecule has 2 rings (SSSR count). The maximum absolute atomic E-state index is 11.4. The van der Waals surface area contributed by atoms with E-state index in [-0.39, 0.29) is 12.0 Å². The molecule has 0 bridgehead atoms. The SMILES string of the molecule is COC(=O)C1CCN1C(C)Cc1ccco1. The molecule has 0 aromatic carbocycles. The largest absolute Gasteiger partial charge is 0.469 e. The molecule has 0 amide bonds. The average Bonchev–Trinajstić information content (AvgIpc) is 2.68. The maximum atomic E-state index is 11.4. The van der Waals surface area contributed by atoms with Crippen LogP contribution in [0.25, 0.3) is 0 Å². The van der Waals surface area contributed by atoms with Gasteiger partial charge in [-0.1, -0.05) is 0 Å². The Morgan fingerprint density at radius 3 is 3.06 bits per heavy atom. The quantitative estimate of drug-likeness (QED) is 0.725. The van der Waals surface area contributed by atoms with E-state index in [0.717, 1.165) is 25.1 Å². The van der Waals surface area contributed by atoms with Crippen molar-refractivity contribution in [2.45, 2.75) is 31.8 Å². The lowest BCUT2D eigenvalue weighted by atomic mass is 9.98. The third-order valence-corrected chi connectivity index (χ3v) is 3.18. The van der Waals surface area contributed by atoms with Crippen molar-refractivity contribution < 1.29 is 13.9 Å². The first kappa shape index (κ1) is 11.2. The summed E-state index contributed by atoms with van der Waals surface area (Å²) in [6.07, 6.45) is 3.41. The van der Waals surface area contributed by atoms with Crippen LogP contribution in [0.1, 0.15) is 19.1 Å². The number of hydrogen-bond donors (Lipinski definition) is 0. The zero-order valence-electron chi connectivity index (χ0n) is 9.68. The third kappa shape index (κ3) is 2.11. The molecule has 1 aromatic heterocycles. The molecule has 0 radical (unpaired) electrons. The lowest BCUT2D eigenvalue weighted by Crippen LogP contribution is -2.56. The standard InChI is InChI=1S/C12H17NO3/c1-9(8-10-4-3-7-16-10)13-6-5-11(13)12(14)15-2/h3-4,7,9,11H,5-6,8H2,1-2H3. The molecule has 1 saturated heterocycles. The number of hydrogen-bond acceptors (Lipinski definition) is 4. The summed E-state index contributed by atoms with van der Waals surface area (Å²) >= 11 is 0. The Labute approximate surface area is 95.2 Å². The fourth-order valence-electron chi connectivity index (χ4n) is 2.16. The molecule has 1 aliphatic rings. The van der Waals surface area contributed by atoms with Crippen LogP contribution < -0.4 is 0 Å². The summed E-state index contributed by atoms with van der Waals surface area (Å²) in [6, 6.07) is 4.10. The molecular formula is C12H17NO3. The van der Waals surface area contributed by atoms with Crippen molar-refractivity contribution in [1.29, 1.82) is 0 Å². The molecule has 4 nitrogen and oxygen atoms in total. The van der Waals surface area contributed by atoms with Crippen molar-refractivity contribution in [2.24, 2.45) is 0 Å². The van der Waals surface area contributed by atoms with Gasteiger partial charge in [-0.15, -0.1) is 0 Å². The second-order valence-electron chi connectivity index (χ2n) is 4.20. The fourth-order valence-corrected chi connectivity index (χ4v) is 2.16. The fraction of sp³-hybridized carbons (Fsp3) is 0.583. The molecule has 0 aliphatic carbocycles. The number of likely N-dealkylation sites (tertiary alicyclic amines) is 1. The Morgan fingerprint density at radius 2 is 2.56 bits per heavy atom. The minimum Gasteiger partial charge on any atom is -0.469 e. The third-order valence-electron chi connectivity index (χ3n) is 3.18. The summed E-state index contributed by atoms with van der Waals surface area (Å²) in [5, 5.41) is 0. The minimum atomic E-state index is -0.127. The van der Waals surface area contributed by atoms with Crippen LogP contribution in [0.5, 0.6) is 0 Å². The average molecular weight is 223 g/mol. The van der Waals surface area contributed by atoms with Gasteiger partial charge in [0.25, 0.3) is 0 Å². The molecule has 4 heteroatoms. The number of rotatable bonds is 4. The van der Waals surface area contributed by atoms with Gasteiger partial charge in [-0.05, 0) is 25.5 Å². The summed E-state index contributed by atoms with van der Waals surface area (Å²) in [5.74, 6) is 0.834. The number of ether oxygens (including phenoxy) is 1. The van der Waals surface area contributed by atoms with Crippen LogP contribution in [0.3, 0.4) is 0 Å². The highest BCUT2D eigenvalue weighted by molar-refractivity contribution is 5.76. The molecular weight excluding hydrogens is 206 g/mol. The van der Waals surface area contributed by atoms with E-state index in [0.29, 0.717) is 6.04 Å². The first-order chi connectivity index (χ1) is 7.72. The minimum absolute atomic E-state index is 0.0602. The van der Waals surface area contributed by atoms with Gasteiger partial charge in [-0.25, -0.2) is 0 Å². The van der Waals surface area contributed by atoms with E-state index in [1.807, 2.05) is 12.1 Å². The topological polar surface area (TPSA) is 42.7 Å². The molecule has 2 unspecified atom stereocenters. The Morgan fingerprint density at radius 1 is 1.75 bits per heavy atom. The number of esters is 1. The monoisotopic (exact) mass is 223 g/mol. The van der Waals surface area contributed by atoms with Gasteiger partial charge >= 0.3 is 5.97 Å². The summed E-state index contributed by atoms with van der Waals surface area (Å²) in [5.41, 5.74) is 0. The Balaban J connectivity index is 1.90. The van der Waals surface area contributed by atoms with Gasteiger partial charge in [0, 0.05) is 19.0 Å². The molecule has 88 valence electrons. The van der Waals surface area contributed by atoms with Crippen LogP contribution in [-0.4, -0.2) is 36.6 Å². The van der Waals surface area contributed by atoms with Crippen LogP contribution in [0.2, 0.25) is 0 Å². The summed E-state index contributed by atoms with van der Waals surface area (Å²) in [6.45, 7) is 3.07. The first-order valence-electron chi connectivity index (χ1n) is 5.58. The van der Waals surface area contributed by atoms with E-state index in [4.69, 9.17) is 9.15 Å². The van der Waals surface area contributed by atoms with Crippen molar-refractivity contribution in [3.05, 3.63) is 24.2 Å². The molecule has 2 atom stereocenters. The maximum Gasteiger partial charge on any atom is 0.323 e. The molecule has 1 aromatic rings. The molecule has 2 heterocycles. The van der Waals surface area contributed by atoms with E-state index in [9.17, 15) is 4.79 Å². The summed E-state index contributed by atoms with van der Waals surface area (Å²) in [7, 11) is 1.44. The highest BCUT2D eigenvalue weighted by Crippen LogP contribution is 2.23. The van der Waals surface area contributed by atoms with E-state index in [1.165, 1.54) is 7.11 Å². The van der Waals surface area contributed by atoms with Gasteiger partial charge in [0.2, 0.25) is 0 Å². The molecule has 1 aliphatic heterocycles. The lowest BCUT2D eigenvalue weighted by molar-refractivity contribution is -0.153. The second-order valence-corrected chi connectivity index (χ2v) is 4.20. The number of furan rings is 1. The summed E-state index contributed by atoms with van der Waals surface area (Å²) < 4.78 is 10.1. The predicted octanol–water partition coefficient (Wildman–Crippen LogP) is 1.46. The summed E-state index contributed by atoms with van der Waals surface area (Å²) in [4.78, 5) is 13.6. The highest BCUT2D eigenvalue weighted by atomic mass is 16.5.